The molecule has 1 aromatic carbocycles. The van der Waals surface area contributed by atoms with Crippen molar-refractivity contribution in [3.8, 4) is 11.8 Å². The number of thiazole rings is 1. The normalized spacial score (nSPS) is 11.4. The lowest BCUT2D eigenvalue weighted by Gasteiger charge is -2.13. The van der Waals surface area contributed by atoms with Crippen molar-refractivity contribution in [1.29, 1.82) is 5.26 Å². The van der Waals surface area contributed by atoms with Crippen molar-refractivity contribution in [3.63, 3.8) is 0 Å². The second-order valence-electron chi connectivity index (χ2n) is 3.16. The van der Waals surface area contributed by atoms with Gasteiger partial charge in [-0.2, -0.15) is 5.26 Å². The largest absolute Gasteiger partial charge is 0.529 e. The van der Waals surface area contributed by atoms with E-state index in [0.717, 1.165) is 4.70 Å². The molecule has 94 valence electrons. The van der Waals surface area contributed by atoms with Crippen LogP contribution in [0.1, 0.15) is 5.01 Å². The lowest BCUT2D eigenvalue weighted by molar-refractivity contribution is 0.211. The molecule has 1 heterocycles. The van der Waals surface area contributed by atoms with Crippen LogP contribution in [0.15, 0.2) is 18.2 Å². The van der Waals surface area contributed by atoms with Gasteiger partial charge in [-0.3, -0.25) is 9.05 Å². The molecule has 0 amide bonds. The van der Waals surface area contributed by atoms with Crippen molar-refractivity contribution in [2.24, 2.45) is 0 Å². The van der Waals surface area contributed by atoms with Crippen LogP contribution in [0.3, 0.4) is 0 Å². The van der Waals surface area contributed by atoms with Crippen LogP contribution in [0.4, 0.5) is 0 Å². The van der Waals surface area contributed by atoms with Crippen molar-refractivity contribution >= 4 is 29.4 Å². The summed E-state index contributed by atoms with van der Waals surface area (Å²) in [6.45, 7) is 0. The van der Waals surface area contributed by atoms with E-state index in [0.29, 0.717) is 16.3 Å². The van der Waals surface area contributed by atoms with Crippen molar-refractivity contribution in [3.05, 3.63) is 23.2 Å². The highest BCUT2D eigenvalue weighted by molar-refractivity contribution is 7.48. The van der Waals surface area contributed by atoms with Crippen LogP contribution in [-0.2, 0) is 13.6 Å². The molecule has 6 nitrogen and oxygen atoms in total. The number of nitriles is 1. The number of aromatic nitrogens is 1. The summed E-state index contributed by atoms with van der Waals surface area (Å²) < 4.78 is 27.1. The summed E-state index contributed by atoms with van der Waals surface area (Å²) in [5.74, 6) is 0.336. The molecule has 0 spiro atoms. The highest BCUT2D eigenvalue weighted by Crippen LogP contribution is 2.48. The summed E-state index contributed by atoms with van der Waals surface area (Å²) in [5, 5.41) is 9.12. The molecule has 2 aromatic rings. The second-order valence-corrected chi connectivity index (χ2v) is 6.00. The first-order chi connectivity index (χ1) is 8.60. The fraction of sp³-hybridized carbons (Fsp3) is 0.200. The molecule has 18 heavy (non-hydrogen) atoms. The summed E-state index contributed by atoms with van der Waals surface area (Å²) in [6.07, 6.45) is 0. The Hall–Kier alpha value is -1.45. The quantitative estimate of drug-likeness (QED) is 0.803. The Morgan fingerprint density at radius 2 is 2.11 bits per heavy atom. The van der Waals surface area contributed by atoms with Gasteiger partial charge >= 0.3 is 7.82 Å². The van der Waals surface area contributed by atoms with Crippen LogP contribution in [0.5, 0.6) is 5.75 Å². The monoisotopic (exact) mass is 284 g/mol. The lowest BCUT2D eigenvalue weighted by atomic mass is 10.3. The summed E-state index contributed by atoms with van der Waals surface area (Å²) in [7, 11) is -1.08. The van der Waals surface area contributed by atoms with Gasteiger partial charge in [0.15, 0.2) is 5.01 Å². The number of rotatable bonds is 4. The Bertz CT molecular complexity index is 655. The van der Waals surface area contributed by atoms with E-state index in [1.807, 2.05) is 6.07 Å². The van der Waals surface area contributed by atoms with E-state index in [1.165, 1.54) is 25.6 Å². The number of hydrogen-bond acceptors (Lipinski definition) is 7. The Kier molecular flexibility index (Phi) is 3.64. The van der Waals surface area contributed by atoms with E-state index in [4.69, 9.17) is 9.79 Å². The Labute approximate surface area is 107 Å². The molecular formula is C10H9N2O4PS. The zero-order valence-corrected chi connectivity index (χ0v) is 11.3. The van der Waals surface area contributed by atoms with Crippen molar-refractivity contribution in [2.45, 2.75) is 0 Å². The van der Waals surface area contributed by atoms with Gasteiger partial charge in [-0.25, -0.2) is 9.55 Å². The van der Waals surface area contributed by atoms with E-state index in [-0.39, 0.29) is 0 Å². The maximum absolute atomic E-state index is 11.8. The molecule has 0 N–H and O–H groups in total. The first kappa shape index (κ1) is 13.0. The molecule has 0 aliphatic rings. The van der Waals surface area contributed by atoms with Crippen LogP contribution in [-0.4, -0.2) is 19.2 Å². The highest BCUT2D eigenvalue weighted by Gasteiger charge is 2.24. The third-order valence-corrected chi connectivity index (χ3v) is 4.37. The minimum absolute atomic E-state index is 0.336. The van der Waals surface area contributed by atoms with Gasteiger partial charge in [0.25, 0.3) is 0 Å². The fourth-order valence-corrected chi connectivity index (χ4v) is 2.75. The maximum Gasteiger partial charge on any atom is 0.529 e. The number of hydrogen-bond donors (Lipinski definition) is 0. The molecule has 0 aliphatic heterocycles. The van der Waals surface area contributed by atoms with Crippen LogP contribution in [0.2, 0.25) is 0 Å². The Balaban J connectivity index is 2.36. The Morgan fingerprint density at radius 1 is 1.39 bits per heavy atom. The number of benzene rings is 1. The molecule has 0 bridgehead atoms. The first-order valence-corrected chi connectivity index (χ1v) is 7.10. The van der Waals surface area contributed by atoms with Gasteiger partial charge in [-0.05, 0) is 12.1 Å². The zero-order valence-electron chi connectivity index (χ0n) is 9.61. The standard InChI is InChI=1S/C10H9N2O4PS/c1-14-17(13,15-2)16-7-3-4-8-9(5-7)18-10(6-11)12-8/h3-5H,1-2H3. The molecule has 0 saturated heterocycles. The molecular weight excluding hydrogens is 275 g/mol. The Morgan fingerprint density at radius 3 is 2.72 bits per heavy atom. The fourth-order valence-electron chi connectivity index (χ4n) is 1.29. The molecule has 0 fully saturated rings. The molecule has 2 rings (SSSR count). The predicted octanol–water partition coefficient (Wildman–Crippen LogP) is 2.95. The van der Waals surface area contributed by atoms with Gasteiger partial charge in [0.05, 0.1) is 10.2 Å². The van der Waals surface area contributed by atoms with Gasteiger partial charge in [0.2, 0.25) is 0 Å². The summed E-state index contributed by atoms with van der Waals surface area (Å²) in [5.41, 5.74) is 0.688. The summed E-state index contributed by atoms with van der Waals surface area (Å²) in [4.78, 5) is 4.08. The van der Waals surface area contributed by atoms with E-state index >= 15 is 0 Å². The van der Waals surface area contributed by atoms with E-state index in [9.17, 15) is 4.57 Å². The van der Waals surface area contributed by atoms with Crippen LogP contribution >= 0.6 is 19.2 Å². The molecule has 0 unspecified atom stereocenters. The number of nitrogens with zero attached hydrogens (tertiary/aromatic N) is 2. The van der Waals surface area contributed by atoms with E-state index in [2.05, 4.69) is 14.0 Å². The van der Waals surface area contributed by atoms with Gasteiger partial charge in [0, 0.05) is 20.3 Å². The minimum Gasteiger partial charge on any atom is -0.404 e. The molecule has 0 atom stereocenters. The lowest BCUT2D eigenvalue weighted by Crippen LogP contribution is -1.96. The molecule has 1 aromatic heterocycles. The van der Waals surface area contributed by atoms with Crippen LogP contribution in [0, 0.1) is 11.3 Å². The van der Waals surface area contributed by atoms with E-state index in [1.54, 1.807) is 18.2 Å². The summed E-state index contributed by atoms with van der Waals surface area (Å²) in [6, 6.07) is 6.88. The zero-order chi connectivity index (χ0) is 13.2. The third kappa shape index (κ3) is 2.52. The topological polar surface area (TPSA) is 81.4 Å². The van der Waals surface area contributed by atoms with Crippen molar-refractivity contribution in [1.82, 2.24) is 4.98 Å². The van der Waals surface area contributed by atoms with E-state index < -0.39 is 7.82 Å². The number of phosphoric ester groups is 1. The number of fused-ring (bicyclic) bond motifs is 1. The van der Waals surface area contributed by atoms with Gasteiger partial charge in [-0.1, -0.05) is 0 Å². The third-order valence-electron chi connectivity index (χ3n) is 2.12. The highest BCUT2D eigenvalue weighted by atomic mass is 32.1. The molecule has 0 radical (unpaired) electrons. The molecule has 0 saturated carbocycles. The smallest absolute Gasteiger partial charge is 0.404 e. The maximum atomic E-state index is 11.8. The molecule has 8 heteroatoms. The average Bonchev–Trinajstić information content (AvgIpc) is 2.80. The van der Waals surface area contributed by atoms with Crippen molar-refractivity contribution < 1.29 is 18.1 Å². The molecule has 0 aliphatic carbocycles. The SMILES string of the molecule is COP(=O)(OC)Oc1ccc2nc(C#N)sc2c1. The summed E-state index contributed by atoms with van der Waals surface area (Å²) >= 11 is 1.23. The van der Waals surface area contributed by atoms with Gasteiger partial charge in [-0.15, -0.1) is 11.3 Å². The predicted molar refractivity (Wildman–Crippen MR) is 66.6 cm³/mol. The first-order valence-electron chi connectivity index (χ1n) is 4.82. The van der Waals surface area contributed by atoms with Gasteiger partial charge < -0.3 is 4.52 Å². The van der Waals surface area contributed by atoms with Crippen LogP contribution in [0.25, 0.3) is 10.2 Å². The second kappa shape index (κ2) is 5.04. The van der Waals surface area contributed by atoms with Crippen molar-refractivity contribution in [2.75, 3.05) is 14.2 Å². The van der Waals surface area contributed by atoms with Crippen LogP contribution < -0.4 is 4.52 Å². The minimum atomic E-state index is -3.56. The van der Waals surface area contributed by atoms with Gasteiger partial charge in [0.1, 0.15) is 11.8 Å². The average molecular weight is 284 g/mol. The number of phosphoric acid groups is 1.